The lowest BCUT2D eigenvalue weighted by Gasteiger charge is -2.30. The Kier molecular flexibility index (Phi) is 5.66. The third-order valence-electron chi connectivity index (χ3n) is 3.57. The summed E-state index contributed by atoms with van der Waals surface area (Å²) in [6.07, 6.45) is 1.65. The van der Waals surface area contributed by atoms with Gasteiger partial charge in [-0.1, -0.05) is 0 Å². The summed E-state index contributed by atoms with van der Waals surface area (Å²) < 4.78 is 37.9. The average molecular weight is 328 g/mol. The first kappa shape index (κ1) is 17.1. The molecule has 1 aliphatic heterocycles. The standard InChI is InChI=1S/C15H24N2O4S/c1-3-20-14-8-7-13(10-15(14)21-4-2)22(18,19)17-9-5-6-12(16)11-17/h7-8,10,12H,3-6,9,11,16H2,1-2H3/t12-/m1/s1. The minimum atomic E-state index is -3.55. The van der Waals surface area contributed by atoms with E-state index in [1.165, 1.54) is 10.4 Å². The second-order valence-electron chi connectivity index (χ2n) is 5.24. The smallest absolute Gasteiger partial charge is 0.243 e. The molecule has 6 nitrogen and oxygen atoms in total. The molecule has 2 rings (SSSR count). The minimum Gasteiger partial charge on any atom is -0.490 e. The largest absolute Gasteiger partial charge is 0.490 e. The Morgan fingerprint density at radius 2 is 1.91 bits per heavy atom. The molecule has 1 atom stereocenters. The fraction of sp³-hybridized carbons (Fsp3) is 0.600. The second kappa shape index (κ2) is 7.30. The van der Waals surface area contributed by atoms with Crippen LogP contribution in [0.15, 0.2) is 23.1 Å². The molecule has 0 spiro atoms. The predicted octanol–water partition coefficient (Wildman–Crippen LogP) is 1.60. The van der Waals surface area contributed by atoms with Crippen molar-refractivity contribution in [3.8, 4) is 11.5 Å². The van der Waals surface area contributed by atoms with Gasteiger partial charge in [0.15, 0.2) is 11.5 Å². The quantitative estimate of drug-likeness (QED) is 0.857. The molecule has 0 aliphatic carbocycles. The van der Waals surface area contributed by atoms with E-state index in [0.29, 0.717) is 37.8 Å². The highest BCUT2D eigenvalue weighted by Gasteiger charge is 2.29. The summed E-state index contributed by atoms with van der Waals surface area (Å²) >= 11 is 0. The zero-order chi connectivity index (χ0) is 16.2. The topological polar surface area (TPSA) is 81.9 Å². The number of benzene rings is 1. The first-order valence-electron chi connectivity index (χ1n) is 7.64. The van der Waals surface area contributed by atoms with Crippen LogP contribution in [0, 0.1) is 0 Å². The molecule has 0 saturated carbocycles. The molecule has 0 unspecified atom stereocenters. The summed E-state index contributed by atoms with van der Waals surface area (Å²) in [5.74, 6) is 1.00. The summed E-state index contributed by atoms with van der Waals surface area (Å²) in [7, 11) is -3.55. The Labute approximate surface area is 132 Å². The van der Waals surface area contributed by atoms with Gasteiger partial charge in [0, 0.05) is 25.2 Å². The summed E-state index contributed by atoms with van der Waals surface area (Å²) in [5, 5.41) is 0. The number of ether oxygens (including phenoxy) is 2. The molecule has 1 aliphatic rings. The number of rotatable bonds is 6. The molecule has 1 heterocycles. The van der Waals surface area contributed by atoms with Crippen molar-refractivity contribution >= 4 is 10.0 Å². The molecule has 1 aromatic rings. The molecule has 2 N–H and O–H groups in total. The van der Waals surface area contributed by atoms with E-state index in [9.17, 15) is 8.42 Å². The predicted molar refractivity (Wildman–Crippen MR) is 84.7 cm³/mol. The van der Waals surface area contributed by atoms with Crippen molar-refractivity contribution in [3.63, 3.8) is 0 Å². The van der Waals surface area contributed by atoms with Gasteiger partial charge in [0.1, 0.15) is 0 Å². The Balaban J connectivity index is 2.32. The second-order valence-corrected chi connectivity index (χ2v) is 7.18. The summed E-state index contributed by atoms with van der Waals surface area (Å²) in [5.41, 5.74) is 5.89. The SMILES string of the molecule is CCOc1ccc(S(=O)(=O)N2CCC[C@@H](N)C2)cc1OCC. The normalized spacial score (nSPS) is 19.9. The molecule has 0 amide bonds. The van der Waals surface area contributed by atoms with E-state index in [4.69, 9.17) is 15.2 Å². The van der Waals surface area contributed by atoms with Crippen LogP contribution in [-0.4, -0.2) is 45.1 Å². The van der Waals surface area contributed by atoms with Crippen LogP contribution >= 0.6 is 0 Å². The molecule has 22 heavy (non-hydrogen) atoms. The van der Waals surface area contributed by atoms with E-state index in [2.05, 4.69) is 0 Å². The fourth-order valence-corrected chi connectivity index (χ4v) is 4.08. The lowest BCUT2D eigenvalue weighted by Crippen LogP contribution is -2.45. The van der Waals surface area contributed by atoms with Crippen molar-refractivity contribution in [2.24, 2.45) is 5.73 Å². The van der Waals surface area contributed by atoms with Gasteiger partial charge in [0.05, 0.1) is 18.1 Å². The molecule has 7 heteroatoms. The van der Waals surface area contributed by atoms with Crippen LogP contribution in [0.1, 0.15) is 26.7 Å². The molecular formula is C15H24N2O4S. The zero-order valence-electron chi connectivity index (χ0n) is 13.1. The Morgan fingerprint density at radius 3 is 2.55 bits per heavy atom. The van der Waals surface area contributed by atoms with Crippen LogP contribution in [0.2, 0.25) is 0 Å². The van der Waals surface area contributed by atoms with Crippen molar-refractivity contribution in [1.29, 1.82) is 0 Å². The number of hydrogen-bond acceptors (Lipinski definition) is 5. The summed E-state index contributed by atoms with van der Waals surface area (Å²) in [6, 6.07) is 4.63. The molecule has 0 aromatic heterocycles. The molecular weight excluding hydrogens is 304 g/mol. The minimum absolute atomic E-state index is 0.0995. The van der Waals surface area contributed by atoms with Crippen LogP contribution in [0.25, 0.3) is 0 Å². The van der Waals surface area contributed by atoms with E-state index < -0.39 is 10.0 Å². The number of sulfonamides is 1. The third-order valence-corrected chi connectivity index (χ3v) is 5.43. The number of nitrogens with two attached hydrogens (primary N) is 1. The van der Waals surface area contributed by atoms with E-state index in [1.54, 1.807) is 12.1 Å². The maximum atomic E-state index is 12.7. The summed E-state index contributed by atoms with van der Waals surface area (Å²) in [6.45, 7) is 5.52. The van der Waals surface area contributed by atoms with E-state index in [0.717, 1.165) is 12.8 Å². The van der Waals surface area contributed by atoms with Crippen molar-refractivity contribution in [1.82, 2.24) is 4.31 Å². The monoisotopic (exact) mass is 328 g/mol. The van der Waals surface area contributed by atoms with Gasteiger partial charge in [-0.15, -0.1) is 0 Å². The van der Waals surface area contributed by atoms with Gasteiger partial charge in [-0.3, -0.25) is 0 Å². The zero-order valence-corrected chi connectivity index (χ0v) is 13.9. The molecule has 1 saturated heterocycles. The highest BCUT2D eigenvalue weighted by molar-refractivity contribution is 7.89. The van der Waals surface area contributed by atoms with Gasteiger partial charge in [0.2, 0.25) is 10.0 Å². The van der Waals surface area contributed by atoms with Crippen LogP contribution in [-0.2, 0) is 10.0 Å². The summed E-state index contributed by atoms with van der Waals surface area (Å²) in [4.78, 5) is 0.216. The molecule has 0 radical (unpaired) electrons. The van der Waals surface area contributed by atoms with Crippen LogP contribution in [0.3, 0.4) is 0 Å². The van der Waals surface area contributed by atoms with E-state index in [1.807, 2.05) is 13.8 Å². The number of nitrogens with zero attached hydrogens (tertiary/aromatic N) is 1. The van der Waals surface area contributed by atoms with Crippen LogP contribution in [0.4, 0.5) is 0 Å². The van der Waals surface area contributed by atoms with Gasteiger partial charge in [-0.05, 0) is 38.8 Å². The number of hydrogen-bond donors (Lipinski definition) is 1. The van der Waals surface area contributed by atoms with Gasteiger partial charge in [0.25, 0.3) is 0 Å². The molecule has 1 aromatic carbocycles. The van der Waals surface area contributed by atoms with E-state index in [-0.39, 0.29) is 10.9 Å². The lowest BCUT2D eigenvalue weighted by molar-refractivity contribution is 0.286. The first-order chi connectivity index (χ1) is 10.5. The van der Waals surface area contributed by atoms with Crippen molar-refractivity contribution in [2.75, 3.05) is 26.3 Å². The fourth-order valence-electron chi connectivity index (χ4n) is 2.53. The van der Waals surface area contributed by atoms with Gasteiger partial charge >= 0.3 is 0 Å². The van der Waals surface area contributed by atoms with Gasteiger partial charge < -0.3 is 15.2 Å². The van der Waals surface area contributed by atoms with Crippen molar-refractivity contribution in [2.45, 2.75) is 37.6 Å². The maximum absolute atomic E-state index is 12.7. The highest BCUT2D eigenvalue weighted by atomic mass is 32.2. The third kappa shape index (κ3) is 3.71. The highest BCUT2D eigenvalue weighted by Crippen LogP contribution is 2.32. The maximum Gasteiger partial charge on any atom is 0.243 e. The first-order valence-corrected chi connectivity index (χ1v) is 9.08. The van der Waals surface area contributed by atoms with Crippen molar-refractivity contribution in [3.05, 3.63) is 18.2 Å². The number of piperidine rings is 1. The Bertz CT molecular complexity index is 604. The van der Waals surface area contributed by atoms with Crippen molar-refractivity contribution < 1.29 is 17.9 Å². The molecule has 1 fully saturated rings. The van der Waals surface area contributed by atoms with Gasteiger partial charge in [-0.25, -0.2) is 8.42 Å². The molecule has 0 bridgehead atoms. The van der Waals surface area contributed by atoms with Crippen LogP contribution in [0.5, 0.6) is 11.5 Å². The lowest BCUT2D eigenvalue weighted by atomic mass is 10.1. The van der Waals surface area contributed by atoms with E-state index >= 15 is 0 Å². The Hall–Kier alpha value is -1.31. The van der Waals surface area contributed by atoms with Crippen LogP contribution < -0.4 is 15.2 Å². The van der Waals surface area contributed by atoms with Gasteiger partial charge in [-0.2, -0.15) is 4.31 Å². The molecule has 124 valence electrons. The average Bonchev–Trinajstić information content (AvgIpc) is 2.49. The Morgan fingerprint density at radius 1 is 1.23 bits per heavy atom.